The van der Waals surface area contributed by atoms with E-state index in [2.05, 4.69) is 0 Å². The molecule has 7 heteroatoms. The number of fused-ring (bicyclic) bond motifs is 1. The molecule has 0 aromatic heterocycles. The standard InChI is InChI=1S/C12H13F3N2O2/c1-3-9-11(18)17(2)8-5-6(12(13,14)15)4-7(16)10(8)19-9/h4-5,9H,3,16H2,1-2H3. The highest BCUT2D eigenvalue weighted by Crippen LogP contribution is 2.43. The van der Waals surface area contributed by atoms with E-state index in [-0.39, 0.29) is 23.0 Å². The maximum absolute atomic E-state index is 12.7. The Hall–Kier alpha value is -1.92. The molecule has 0 saturated heterocycles. The number of benzene rings is 1. The van der Waals surface area contributed by atoms with Gasteiger partial charge in [-0.1, -0.05) is 6.92 Å². The largest absolute Gasteiger partial charge is 0.476 e. The van der Waals surface area contributed by atoms with Gasteiger partial charge in [0.25, 0.3) is 5.91 Å². The summed E-state index contributed by atoms with van der Waals surface area (Å²) in [5.41, 5.74) is 4.62. The lowest BCUT2D eigenvalue weighted by Gasteiger charge is -2.32. The Morgan fingerprint density at radius 1 is 1.42 bits per heavy atom. The van der Waals surface area contributed by atoms with Gasteiger partial charge in [0, 0.05) is 7.05 Å². The molecule has 2 rings (SSSR count). The lowest BCUT2D eigenvalue weighted by molar-refractivity contribution is -0.137. The highest BCUT2D eigenvalue weighted by Gasteiger charge is 2.37. The minimum atomic E-state index is -4.52. The summed E-state index contributed by atoms with van der Waals surface area (Å²) in [6.07, 6.45) is -4.81. The number of ether oxygens (including phenoxy) is 1. The van der Waals surface area contributed by atoms with Crippen LogP contribution in [0.25, 0.3) is 0 Å². The normalized spacial score (nSPS) is 19.1. The summed E-state index contributed by atoms with van der Waals surface area (Å²) in [6.45, 7) is 1.75. The molecular formula is C12H13F3N2O2. The van der Waals surface area contributed by atoms with Gasteiger partial charge in [0.05, 0.1) is 16.9 Å². The van der Waals surface area contributed by atoms with Crippen molar-refractivity contribution in [2.24, 2.45) is 0 Å². The lowest BCUT2D eigenvalue weighted by atomic mass is 10.1. The van der Waals surface area contributed by atoms with Crippen molar-refractivity contribution < 1.29 is 22.7 Å². The summed E-state index contributed by atoms with van der Waals surface area (Å²) >= 11 is 0. The summed E-state index contributed by atoms with van der Waals surface area (Å²) in [7, 11) is 1.41. The first-order chi connectivity index (χ1) is 8.75. The number of halogens is 3. The number of hydrogen-bond donors (Lipinski definition) is 1. The molecule has 104 valence electrons. The molecule has 1 aliphatic heterocycles. The van der Waals surface area contributed by atoms with Crippen LogP contribution in [0.4, 0.5) is 24.5 Å². The molecule has 0 bridgehead atoms. The molecule has 0 saturated carbocycles. The molecule has 19 heavy (non-hydrogen) atoms. The van der Waals surface area contributed by atoms with E-state index in [9.17, 15) is 18.0 Å². The van der Waals surface area contributed by atoms with Gasteiger partial charge in [0.15, 0.2) is 11.9 Å². The van der Waals surface area contributed by atoms with E-state index in [1.165, 1.54) is 7.05 Å². The van der Waals surface area contributed by atoms with Crippen molar-refractivity contribution in [3.05, 3.63) is 17.7 Å². The van der Waals surface area contributed by atoms with Crippen LogP contribution in [0.3, 0.4) is 0 Å². The van der Waals surface area contributed by atoms with E-state index >= 15 is 0 Å². The van der Waals surface area contributed by atoms with E-state index in [1.807, 2.05) is 0 Å². The number of anilines is 2. The van der Waals surface area contributed by atoms with Crippen LogP contribution in [0, 0.1) is 0 Å². The predicted molar refractivity (Wildman–Crippen MR) is 64.0 cm³/mol. The highest BCUT2D eigenvalue weighted by atomic mass is 19.4. The quantitative estimate of drug-likeness (QED) is 0.800. The molecule has 1 heterocycles. The van der Waals surface area contributed by atoms with Crippen molar-refractivity contribution in [1.29, 1.82) is 0 Å². The van der Waals surface area contributed by atoms with Gasteiger partial charge in [0.2, 0.25) is 0 Å². The van der Waals surface area contributed by atoms with E-state index in [1.54, 1.807) is 6.92 Å². The molecule has 1 atom stereocenters. The number of nitrogens with two attached hydrogens (primary N) is 1. The number of carbonyl (C=O) groups excluding carboxylic acids is 1. The van der Waals surface area contributed by atoms with Gasteiger partial charge in [-0.3, -0.25) is 4.79 Å². The van der Waals surface area contributed by atoms with Crippen molar-refractivity contribution in [2.75, 3.05) is 17.7 Å². The van der Waals surface area contributed by atoms with Crippen molar-refractivity contribution in [1.82, 2.24) is 0 Å². The van der Waals surface area contributed by atoms with Crippen LogP contribution in [0.15, 0.2) is 12.1 Å². The molecule has 4 nitrogen and oxygen atoms in total. The third-order valence-electron chi connectivity index (χ3n) is 3.02. The SMILES string of the molecule is CCC1Oc2c(N)cc(C(F)(F)F)cc2N(C)C1=O. The number of nitrogens with zero attached hydrogens (tertiary/aromatic N) is 1. The van der Waals surface area contributed by atoms with Crippen LogP contribution in [0.1, 0.15) is 18.9 Å². The summed E-state index contributed by atoms with van der Waals surface area (Å²) in [4.78, 5) is 13.0. The van der Waals surface area contributed by atoms with Crippen LogP contribution < -0.4 is 15.4 Å². The van der Waals surface area contributed by atoms with Crippen LogP contribution in [0.5, 0.6) is 5.75 Å². The summed E-state index contributed by atoms with van der Waals surface area (Å²) in [6, 6.07) is 1.69. The van der Waals surface area contributed by atoms with Gasteiger partial charge in [-0.2, -0.15) is 13.2 Å². The Balaban J connectivity index is 2.56. The lowest BCUT2D eigenvalue weighted by Crippen LogP contribution is -2.43. The van der Waals surface area contributed by atoms with Gasteiger partial charge in [-0.15, -0.1) is 0 Å². The number of alkyl halides is 3. The number of nitrogen functional groups attached to an aromatic ring is 1. The fourth-order valence-electron chi connectivity index (χ4n) is 1.96. The maximum Gasteiger partial charge on any atom is 0.416 e. The number of rotatable bonds is 1. The molecule has 0 aliphatic carbocycles. The van der Waals surface area contributed by atoms with Crippen LogP contribution in [-0.2, 0) is 11.0 Å². The third kappa shape index (κ3) is 2.20. The number of carbonyl (C=O) groups is 1. The number of hydrogen-bond acceptors (Lipinski definition) is 3. The Labute approximate surface area is 107 Å². The second-order valence-corrected chi connectivity index (χ2v) is 4.32. The van der Waals surface area contributed by atoms with Gasteiger partial charge in [-0.05, 0) is 18.6 Å². The number of amides is 1. The topological polar surface area (TPSA) is 55.6 Å². The average Bonchev–Trinajstić information content (AvgIpc) is 2.32. The molecule has 1 aliphatic rings. The zero-order valence-corrected chi connectivity index (χ0v) is 10.4. The fraction of sp³-hybridized carbons (Fsp3) is 0.417. The molecular weight excluding hydrogens is 261 g/mol. The first-order valence-electron chi connectivity index (χ1n) is 5.70. The first kappa shape index (κ1) is 13.5. The summed E-state index contributed by atoms with van der Waals surface area (Å²) < 4.78 is 43.5. The monoisotopic (exact) mass is 274 g/mol. The molecule has 2 N–H and O–H groups in total. The molecule has 1 aromatic rings. The minimum Gasteiger partial charge on any atom is -0.476 e. The molecule has 0 radical (unpaired) electrons. The second-order valence-electron chi connectivity index (χ2n) is 4.32. The summed E-state index contributed by atoms with van der Waals surface area (Å²) in [5.74, 6) is -0.254. The van der Waals surface area contributed by atoms with Gasteiger partial charge < -0.3 is 15.4 Å². The van der Waals surface area contributed by atoms with Crippen molar-refractivity contribution in [3.63, 3.8) is 0 Å². The molecule has 1 unspecified atom stereocenters. The average molecular weight is 274 g/mol. The fourth-order valence-corrected chi connectivity index (χ4v) is 1.96. The van der Waals surface area contributed by atoms with E-state index in [0.29, 0.717) is 6.42 Å². The van der Waals surface area contributed by atoms with E-state index < -0.39 is 17.8 Å². The van der Waals surface area contributed by atoms with Crippen molar-refractivity contribution in [3.8, 4) is 5.75 Å². The Kier molecular flexibility index (Phi) is 3.07. The highest BCUT2D eigenvalue weighted by molar-refractivity contribution is 6.01. The third-order valence-corrected chi connectivity index (χ3v) is 3.02. The molecule has 1 amide bonds. The van der Waals surface area contributed by atoms with Crippen LogP contribution >= 0.6 is 0 Å². The smallest absolute Gasteiger partial charge is 0.416 e. The summed E-state index contributed by atoms with van der Waals surface area (Å²) in [5, 5.41) is 0. The van der Waals surface area contributed by atoms with Crippen molar-refractivity contribution >= 4 is 17.3 Å². The van der Waals surface area contributed by atoms with E-state index in [0.717, 1.165) is 17.0 Å². The zero-order chi connectivity index (χ0) is 14.4. The zero-order valence-electron chi connectivity index (χ0n) is 10.4. The minimum absolute atomic E-state index is 0.0435. The predicted octanol–water partition coefficient (Wildman–Crippen LogP) is 2.42. The Bertz CT molecular complexity index is 528. The molecule has 0 spiro atoms. The van der Waals surface area contributed by atoms with Gasteiger partial charge in [0.1, 0.15) is 0 Å². The number of likely N-dealkylation sites (N-methyl/N-ethyl adjacent to an activating group) is 1. The Morgan fingerprint density at radius 3 is 2.58 bits per heavy atom. The molecule has 0 fully saturated rings. The van der Waals surface area contributed by atoms with Gasteiger partial charge >= 0.3 is 6.18 Å². The van der Waals surface area contributed by atoms with Gasteiger partial charge in [-0.25, -0.2) is 0 Å². The van der Waals surface area contributed by atoms with Crippen molar-refractivity contribution in [2.45, 2.75) is 25.6 Å². The molecule has 1 aromatic carbocycles. The maximum atomic E-state index is 12.7. The van der Waals surface area contributed by atoms with E-state index in [4.69, 9.17) is 10.5 Å². The van der Waals surface area contributed by atoms with Crippen LogP contribution in [0.2, 0.25) is 0 Å². The second kappa shape index (κ2) is 4.32. The first-order valence-corrected chi connectivity index (χ1v) is 5.70. The Morgan fingerprint density at radius 2 is 2.05 bits per heavy atom. The van der Waals surface area contributed by atoms with Crippen LogP contribution in [-0.4, -0.2) is 19.1 Å².